The van der Waals surface area contributed by atoms with Crippen LogP contribution < -0.4 is 4.74 Å². The van der Waals surface area contributed by atoms with Crippen LogP contribution in [0, 0.1) is 0 Å². The Labute approximate surface area is 106 Å². The number of rotatable bonds is 7. The van der Waals surface area contributed by atoms with Gasteiger partial charge in [-0.3, -0.25) is 0 Å². The summed E-state index contributed by atoms with van der Waals surface area (Å²) in [5.74, 6) is 4.02. The topological polar surface area (TPSA) is 22.4 Å². The number of benzene rings is 1. The van der Waals surface area contributed by atoms with Crippen molar-refractivity contribution in [3.63, 3.8) is 0 Å². The first-order valence-electron chi connectivity index (χ1n) is 5.73. The van der Waals surface area contributed by atoms with E-state index in [1.165, 1.54) is 0 Å². The average molecular weight is 248 g/mol. The molecule has 2 nitrogen and oxygen atoms in total. The molecule has 0 saturated heterocycles. The molecule has 0 unspecified atom stereocenters. The first-order chi connectivity index (χ1) is 8.45. The first-order valence-corrected chi connectivity index (χ1v) is 6.88. The van der Waals surface area contributed by atoms with Crippen molar-refractivity contribution in [2.24, 2.45) is 0 Å². The SMILES string of the molecule is c1ccc(OCCCSCc2ccco2)cc1. The molecule has 2 rings (SSSR count). The standard InChI is InChI=1S/C14H16O2S/c1-2-6-13(7-3-1)15-10-5-11-17-12-14-8-4-9-16-14/h1-4,6-9H,5,10-12H2. The van der Waals surface area contributed by atoms with E-state index in [4.69, 9.17) is 9.15 Å². The third-order valence-corrected chi connectivity index (χ3v) is 3.34. The van der Waals surface area contributed by atoms with Crippen molar-refractivity contribution in [1.29, 1.82) is 0 Å². The molecular formula is C14H16O2S. The van der Waals surface area contributed by atoms with Gasteiger partial charge in [-0.25, -0.2) is 0 Å². The van der Waals surface area contributed by atoms with E-state index in [1.54, 1.807) is 6.26 Å². The Morgan fingerprint density at radius 3 is 2.71 bits per heavy atom. The zero-order chi connectivity index (χ0) is 11.8. The van der Waals surface area contributed by atoms with Gasteiger partial charge in [0.15, 0.2) is 0 Å². The van der Waals surface area contributed by atoms with E-state index in [0.717, 1.165) is 36.0 Å². The molecule has 0 bridgehead atoms. The van der Waals surface area contributed by atoms with E-state index in [0.29, 0.717) is 0 Å². The first kappa shape index (κ1) is 12.1. The quantitative estimate of drug-likeness (QED) is 0.692. The monoisotopic (exact) mass is 248 g/mol. The van der Waals surface area contributed by atoms with Crippen molar-refractivity contribution in [2.75, 3.05) is 12.4 Å². The largest absolute Gasteiger partial charge is 0.494 e. The van der Waals surface area contributed by atoms with E-state index in [1.807, 2.05) is 54.2 Å². The van der Waals surface area contributed by atoms with Crippen LogP contribution in [-0.4, -0.2) is 12.4 Å². The van der Waals surface area contributed by atoms with E-state index in [2.05, 4.69) is 0 Å². The van der Waals surface area contributed by atoms with Crippen LogP contribution in [-0.2, 0) is 5.75 Å². The van der Waals surface area contributed by atoms with Crippen LogP contribution in [0.25, 0.3) is 0 Å². The fourth-order valence-electron chi connectivity index (χ4n) is 1.44. The van der Waals surface area contributed by atoms with E-state index < -0.39 is 0 Å². The lowest BCUT2D eigenvalue weighted by Crippen LogP contribution is -1.98. The normalized spacial score (nSPS) is 10.4. The van der Waals surface area contributed by atoms with Crippen LogP contribution in [0.1, 0.15) is 12.2 Å². The van der Waals surface area contributed by atoms with Crippen molar-refractivity contribution in [1.82, 2.24) is 0 Å². The van der Waals surface area contributed by atoms with Gasteiger partial charge in [-0.1, -0.05) is 18.2 Å². The van der Waals surface area contributed by atoms with Crippen molar-refractivity contribution >= 4 is 11.8 Å². The molecule has 0 aliphatic carbocycles. The third kappa shape index (κ3) is 4.57. The van der Waals surface area contributed by atoms with Gasteiger partial charge in [-0.05, 0) is 36.4 Å². The van der Waals surface area contributed by atoms with Crippen molar-refractivity contribution in [3.05, 3.63) is 54.5 Å². The molecule has 0 atom stereocenters. The molecular weight excluding hydrogens is 232 g/mol. The number of hydrogen-bond acceptors (Lipinski definition) is 3. The Bertz CT molecular complexity index is 397. The molecule has 90 valence electrons. The van der Waals surface area contributed by atoms with E-state index in [9.17, 15) is 0 Å². The average Bonchev–Trinajstić information content (AvgIpc) is 2.88. The van der Waals surface area contributed by atoms with Gasteiger partial charge in [0.1, 0.15) is 11.5 Å². The molecule has 3 heteroatoms. The lowest BCUT2D eigenvalue weighted by atomic mass is 10.3. The van der Waals surface area contributed by atoms with Gasteiger partial charge < -0.3 is 9.15 Å². The highest BCUT2D eigenvalue weighted by Crippen LogP contribution is 2.14. The second-order valence-electron chi connectivity index (χ2n) is 3.65. The summed E-state index contributed by atoms with van der Waals surface area (Å²) in [5, 5.41) is 0. The highest BCUT2D eigenvalue weighted by atomic mass is 32.2. The third-order valence-electron chi connectivity index (χ3n) is 2.27. The van der Waals surface area contributed by atoms with Crippen LogP contribution in [0.4, 0.5) is 0 Å². The van der Waals surface area contributed by atoms with Crippen molar-refractivity contribution in [3.8, 4) is 5.75 Å². The molecule has 0 spiro atoms. The van der Waals surface area contributed by atoms with E-state index >= 15 is 0 Å². The number of ether oxygens (including phenoxy) is 1. The molecule has 1 heterocycles. The predicted molar refractivity (Wildman–Crippen MR) is 71.4 cm³/mol. The summed E-state index contributed by atoms with van der Waals surface area (Å²) >= 11 is 1.87. The van der Waals surface area contributed by atoms with Crippen molar-refractivity contribution < 1.29 is 9.15 Å². The predicted octanol–water partition coefficient (Wildman–Crippen LogP) is 3.98. The Morgan fingerprint density at radius 1 is 1.06 bits per heavy atom. The lowest BCUT2D eigenvalue weighted by Gasteiger charge is -2.05. The molecule has 0 fully saturated rings. The number of furan rings is 1. The maximum Gasteiger partial charge on any atom is 0.119 e. The van der Waals surface area contributed by atoms with Crippen LogP contribution >= 0.6 is 11.8 Å². The van der Waals surface area contributed by atoms with Gasteiger partial charge >= 0.3 is 0 Å². The van der Waals surface area contributed by atoms with Gasteiger partial charge in [-0.2, -0.15) is 11.8 Å². The molecule has 0 saturated carbocycles. The second-order valence-corrected chi connectivity index (χ2v) is 4.75. The maximum absolute atomic E-state index is 5.61. The van der Waals surface area contributed by atoms with Crippen LogP contribution in [0.2, 0.25) is 0 Å². The summed E-state index contributed by atoms with van der Waals surface area (Å²) in [6, 6.07) is 13.9. The Kier molecular flexibility index (Phi) is 5.04. The molecule has 0 N–H and O–H groups in total. The molecule has 0 radical (unpaired) electrons. The molecule has 17 heavy (non-hydrogen) atoms. The van der Waals surface area contributed by atoms with Crippen LogP contribution in [0.3, 0.4) is 0 Å². The summed E-state index contributed by atoms with van der Waals surface area (Å²) in [7, 11) is 0. The van der Waals surface area contributed by atoms with Gasteiger partial charge in [0.2, 0.25) is 0 Å². The Hall–Kier alpha value is -1.35. The summed E-state index contributed by atoms with van der Waals surface area (Å²) in [4.78, 5) is 0. The van der Waals surface area contributed by atoms with E-state index in [-0.39, 0.29) is 0 Å². The number of thioether (sulfide) groups is 1. The molecule has 2 aromatic rings. The van der Waals surface area contributed by atoms with Crippen LogP contribution in [0.5, 0.6) is 5.75 Å². The van der Waals surface area contributed by atoms with Gasteiger partial charge in [-0.15, -0.1) is 0 Å². The highest BCUT2D eigenvalue weighted by molar-refractivity contribution is 7.98. The van der Waals surface area contributed by atoms with Gasteiger partial charge in [0, 0.05) is 0 Å². The number of hydrogen-bond donors (Lipinski definition) is 0. The maximum atomic E-state index is 5.61. The zero-order valence-electron chi connectivity index (χ0n) is 9.67. The summed E-state index contributed by atoms with van der Waals surface area (Å²) < 4.78 is 10.9. The molecule has 0 aliphatic heterocycles. The second kappa shape index (κ2) is 7.07. The Morgan fingerprint density at radius 2 is 1.94 bits per heavy atom. The van der Waals surface area contributed by atoms with Gasteiger partial charge in [0.25, 0.3) is 0 Å². The Balaban J connectivity index is 1.52. The fourth-order valence-corrected chi connectivity index (χ4v) is 2.27. The van der Waals surface area contributed by atoms with Crippen LogP contribution in [0.15, 0.2) is 53.1 Å². The fraction of sp³-hybridized carbons (Fsp3) is 0.286. The number of para-hydroxylation sites is 1. The van der Waals surface area contributed by atoms with Gasteiger partial charge in [0.05, 0.1) is 18.6 Å². The highest BCUT2D eigenvalue weighted by Gasteiger charge is 1.96. The van der Waals surface area contributed by atoms with Crippen molar-refractivity contribution in [2.45, 2.75) is 12.2 Å². The zero-order valence-corrected chi connectivity index (χ0v) is 10.5. The summed E-state index contributed by atoms with van der Waals surface area (Å²) in [6.07, 6.45) is 2.77. The minimum Gasteiger partial charge on any atom is -0.494 e. The summed E-state index contributed by atoms with van der Waals surface area (Å²) in [6.45, 7) is 0.773. The smallest absolute Gasteiger partial charge is 0.119 e. The molecule has 1 aromatic heterocycles. The minimum atomic E-state index is 0.773. The molecule has 0 amide bonds. The lowest BCUT2D eigenvalue weighted by molar-refractivity contribution is 0.318. The molecule has 0 aliphatic rings. The minimum absolute atomic E-state index is 0.773. The summed E-state index contributed by atoms with van der Waals surface area (Å²) in [5.41, 5.74) is 0. The molecule has 1 aromatic carbocycles.